The largest absolute Gasteiger partial charge is 0.192 e. The molecule has 0 aromatic heterocycles. The second-order valence-corrected chi connectivity index (χ2v) is 1.74. The summed E-state index contributed by atoms with van der Waals surface area (Å²) in [5.41, 5.74) is 0.693. The van der Waals surface area contributed by atoms with Crippen LogP contribution in [0.15, 0.2) is 36.0 Å². The highest BCUT2D eigenvalue weighted by atomic mass is 14.2. The van der Waals surface area contributed by atoms with Crippen molar-refractivity contribution in [1.82, 2.24) is 0 Å². The Morgan fingerprint density at radius 1 is 1.17 bits per heavy atom. The van der Waals surface area contributed by atoms with E-state index in [0.717, 1.165) is 0 Å². The Morgan fingerprint density at radius 2 is 1.75 bits per heavy atom. The highest BCUT2D eigenvalue weighted by molar-refractivity contribution is 5.33. The lowest BCUT2D eigenvalue weighted by Crippen LogP contribution is -1.66. The van der Waals surface area contributed by atoms with E-state index in [1.54, 1.807) is 12.2 Å². The summed E-state index contributed by atoms with van der Waals surface area (Å²) in [6, 6.07) is 2.05. The molecule has 0 aliphatic carbocycles. The van der Waals surface area contributed by atoms with E-state index in [4.69, 9.17) is 5.26 Å². The second-order valence-electron chi connectivity index (χ2n) is 1.74. The summed E-state index contributed by atoms with van der Waals surface area (Å²) >= 11 is 0. The Hall–Kier alpha value is -1.29. The first-order valence-electron chi connectivity index (χ1n) is 4.21. The lowest BCUT2D eigenvalue weighted by Gasteiger charge is -1.79. The fourth-order valence-corrected chi connectivity index (χ4v) is 0.468. The molecule has 0 spiro atoms. The SMILES string of the molecule is CC.C\C=C/C=C\C(C#N)=C/C. The molecular weight excluding hydrogens is 146 g/mol. The zero-order chi connectivity index (χ0) is 9.82. The van der Waals surface area contributed by atoms with Gasteiger partial charge in [0.05, 0.1) is 6.07 Å². The van der Waals surface area contributed by atoms with Crippen LogP contribution in [-0.4, -0.2) is 0 Å². The van der Waals surface area contributed by atoms with E-state index in [1.807, 2.05) is 45.9 Å². The summed E-state index contributed by atoms with van der Waals surface area (Å²) in [6.07, 6.45) is 9.21. The van der Waals surface area contributed by atoms with E-state index in [0.29, 0.717) is 5.57 Å². The fraction of sp³-hybridized carbons (Fsp3) is 0.364. The maximum absolute atomic E-state index is 8.43. The minimum atomic E-state index is 0.693. The lowest BCUT2D eigenvalue weighted by atomic mass is 10.2. The molecule has 12 heavy (non-hydrogen) atoms. The molecule has 1 nitrogen and oxygen atoms in total. The van der Waals surface area contributed by atoms with Crippen LogP contribution >= 0.6 is 0 Å². The summed E-state index contributed by atoms with van der Waals surface area (Å²) in [6.45, 7) is 7.78. The third-order valence-electron chi connectivity index (χ3n) is 1.02. The van der Waals surface area contributed by atoms with Crippen molar-refractivity contribution in [2.45, 2.75) is 27.7 Å². The quantitative estimate of drug-likeness (QED) is 0.450. The smallest absolute Gasteiger partial charge is 0.0988 e. The van der Waals surface area contributed by atoms with Gasteiger partial charge < -0.3 is 0 Å². The van der Waals surface area contributed by atoms with Crippen LogP contribution in [0.4, 0.5) is 0 Å². The van der Waals surface area contributed by atoms with Crippen molar-refractivity contribution in [3.63, 3.8) is 0 Å². The Bertz CT molecular complexity index is 202. The molecule has 0 bridgehead atoms. The standard InChI is InChI=1S/C9H11N.C2H6/c1-3-5-6-7-9(4-2)8-10;1-2/h3-7H,1-2H3;1-2H3/b5-3-,7-6-,9-4+;. The molecule has 0 fully saturated rings. The zero-order valence-electron chi connectivity index (χ0n) is 8.33. The average Bonchev–Trinajstić information content (AvgIpc) is 2.16. The maximum atomic E-state index is 8.43. The van der Waals surface area contributed by atoms with Crippen LogP contribution in [0.5, 0.6) is 0 Å². The Labute approximate surface area is 75.7 Å². The van der Waals surface area contributed by atoms with Gasteiger partial charge in [0.15, 0.2) is 0 Å². The van der Waals surface area contributed by atoms with Crippen LogP contribution in [0.25, 0.3) is 0 Å². The van der Waals surface area contributed by atoms with E-state index in [1.165, 1.54) is 0 Å². The number of allylic oxidation sites excluding steroid dienone is 6. The minimum absolute atomic E-state index is 0.693. The Kier molecular flexibility index (Phi) is 13.7. The van der Waals surface area contributed by atoms with Gasteiger partial charge in [-0.05, 0) is 19.9 Å². The van der Waals surface area contributed by atoms with Gasteiger partial charge in [0.1, 0.15) is 0 Å². The molecule has 0 radical (unpaired) electrons. The van der Waals surface area contributed by atoms with Gasteiger partial charge in [-0.3, -0.25) is 0 Å². The van der Waals surface area contributed by atoms with Crippen LogP contribution in [0.1, 0.15) is 27.7 Å². The number of nitriles is 1. The predicted molar refractivity (Wildman–Crippen MR) is 54.7 cm³/mol. The molecule has 0 unspecified atom stereocenters. The van der Waals surface area contributed by atoms with Crippen LogP contribution in [0.3, 0.4) is 0 Å². The molecule has 0 saturated carbocycles. The van der Waals surface area contributed by atoms with Gasteiger partial charge in [-0.2, -0.15) is 5.26 Å². The minimum Gasteiger partial charge on any atom is -0.192 e. The van der Waals surface area contributed by atoms with Crippen molar-refractivity contribution in [1.29, 1.82) is 5.26 Å². The molecule has 0 rings (SSSR count). The molecule has 0 aliphatic rings. The van der Waals surface area contributed by atoms with E-state index < -0.39 is 0 Å². The maximum Gasteiger partial charge on any atom is 0.0988 e. The molecule has 0 atom stereocenters. The highest BCUT2D eigenvalue weighted by Crippen LogP contribution is 1.93. The summed E-state index contributed by atoms with van der Waals surface area (Å²) < 4.78 is 0. The van der Waals surface area contributed by atoms with Gasteiger partial charge in [-0.15, -0.1) is 0 Å². The molecule has 0 saturated heterocycles. The first kappa shape index (κ1) is 13.3. The second kappa shape index (κ2) is 12.4. The summed E-state index contributed by atoms with van der Waals surface area (Å²) in [7, 11) is 0. The lowest BCUT2D eigenvalue weighted by molar-refractivity contribution is 1.48. The van der Waals surface area contributed by atoms with E-state index in [9.17, 15) is 0 Å². The Morgan fingerprint density at radius 3 is 2.08 bits per heavy atom. The molecular formula is C11H17N. The van der Waals surface area contributed by atoms with E-state index in [-0.39, 0.29) is 0 Å². The monoisotopic (exact) mass is 163 g/mol. The number of rotatable bonds is 2. The number of hydrogen-bond donors (Lipinski definition) is 0. The van der Waals surface area contributed by atoms with Gasteiger partial charge in [-0.1, -0.05) is 38.2 Å². The van der Waals surface area contributed by atoms with Crippen molar-refractivity contribution < 1.29 is 0 Å². The predicted octanol–water partition coefficient (Wildman–Crippen LogP) is 3.61. The van der Waals surface area contributed by atoms with Crippen molar-refractivity contribution >= 4 is 0 Å². The first-order valence-corrected chi connectivity index (χ1v) is 4.21. The molecule has 0 heterocycles. The fourth-order valence-electron chi connectivity index (χ4n) is 0.468. The Balaban J connectivity index is 0. The van der Waals surface area contributed by atoms with Crippen molar-refractivity contribution in [3.8, 4) is 6.07 Å². The van der Waals surface area contributed by atoms with Crippen LogP contribution < -0.4 is 0 Å². The topological polar surface area (TPSA) is 23.8 Å². The first-order chi connectivity index (χ1) is 5.85. The van der Waals surface area contributed by atoms with Crippen molar-refractivity contribution in [2.75, 3.05) is 0 Å². The van der Waals surface area contributed by atoms with E-state index in [2.05, 4.69) is 6.07 Å². The van der Waals surface area contributed by atoms with Gasteiger partial charge in [0.25, 0.3) is 0 Å². The zero-order valence-corrected chi connectivity index (χ0v) is 8.33. The van der Waals surface area contributed by atoms with Gasteiger partial charge in [0, 0.05) is 5.57 Å². The van der Waals surface area contributed by atoms with Crippen LogP contribution in [0.2, 0.25) is 0 Å². The number of nitrogens with zero attached hydrogens (tertiary/aromatic N) is 1. The third-order valence-corrected chi connectivity index (χ3v) is 1.02. The molecule has 0 N–H and O–H groups in total. The molecule has 1 heteroatoms. The number of hydrogen-bond acceptors (Lipinski definition) is 1. The normalized spacial score (nSPS) is 11.1. The van der Waals surface area contributed by atoms with Crippen LogP contribution in [-0.2, 0) is 0 Å². The van der Waals surface area contributed by atoms with Crippen LogP contribution in [0, 0.1) is 11.3 Å². The van der Waals surface area contributed by atoms with Crippen molar-refractivity contribution in [2.24, 2.45) is 0 Å². The molecule has 0 aromatic carbocycles. The summed E-state index contributed by atoms with van der Waals surface area (Å²) in [4.78, 5) is 0. The summed E-state index contributed by atoms with van der Waals surface area (Å²) in [5.74, 6) is 0. The average molecular weight is 163 g/mol. The van der Waals surface area contributed by atoms with Crippen molar-refractivity contribution in [3.05, 3.63) is 36.0 Å². The molecule has 66 valence electrons. The van der Waals surface area contributed by atoms with Gasteiger partial charge in [0.2, 0.25) is 0 Å². The summed E-state index contributed by atoms with van der Waals surface area (Å²) in [5, 5.41) is 8.43. The molecule has 0 aromatic rings. The third kappa shape index (κ3) is 8.71. The highest BCUT2D eigenvalue weighted by Gasteiger charge is 1.80. The van der Waals surface area contributed by atoms with E-state index >= 15 is 0 Å². The molecule has 0 amide bonds. The molecule has 0 aliphatic heterocycles. The van der Waals surface area contributed by atoms with Gasteiger partial charge >= 0.3 is 0 Å². The van der Waals surface area contributed by atoms with Gasteiger partial charge in [-0.25, -0.2) is 0 Å².